The van der Waals surface area contributed by atoms with Gasteiger partial charge in [-0.3, -0.25) is 0 Å². The molecule has 13 heavy (non-hydrogen) atoms. The zero-order chi connectivity index (χ0) is 10.1. The normalized spacial score (nSPS) is 16.5. The Balaban J connectivity index is 2.64. The second kappa shape index (κ2) is 3.20. The molecule has 0 aromatic rings. The van der Waals surface area contributed by atoms with Crippen LogP contribution < -0.4 is 0 Å². The lowest BCUT2D eigenvalue weighted by Gasteiger charge is -2.18. The first-order valence-electron chi connectivity index (χ1n) is 4.01. The summed E-state index contributed by atoms with van der Waals surface area (Å²) >= 11 is 0. The molecule has 0 radical (unpaired) electrons. The van der Waals surface area contributed by atoms with Crippen LogP contribution in [0.2, 0.25) is 0 Å². The number of rotatable bonds is 1. The van der Waals surface area contributed by atoms with Crippen molar-refractivity contribution in [3.05, 3.63) is 11.6 Å². The van der Waals surface area contributed by atoms with Gasteiger partial charge in [0.15, 0.2) is 0 Å². The summed E-state index contributed by atoms with van der Waals surface area (Å²) in [6.07, 6.45) is 1.43. The highest BCUT2D eigenvalue weighted by atomic mass is 16.6. The lowest BCUT2D eigenvalue weighted by molar-refractivity contribution is -0.152. The van der Waals surface area contributed by atoms with Crippen molar-refractivity contribution < 1.29 is 19.1 Å². The highest BCUT2D eigenvalue weighted by Gasteiger charge is 2.28. The van der Waals surface area contributed by atoms with Crippen LogP contribution in [0, 0.1) is 0 Å². The average molecular weight is 184 g/mol. The molecule has 1 aliphatic heterocycles. The van der Waals surface area contributed by atoms with Gasteiger partial charge < -0.3 is 9.47 Å². The molecule has 0 aliphatic carbocycles. The van der Waals surface area contributed by atoms with Gasteiger partial charge in [-0.15, -0.1) is 0 Å². The Morgan fingerprint density at radius 1 is 1.54 bits per heavy atom. The average Bonchev–Trinajstić information content (AvgIpc) is 2.30. The number of hydrogen-bond donors (Lipinski definition) is 0. The molecule has 72 valence electrons. The minimum Gasteiger partial charge on any atom is -0.458 e. The van der Waals surface area contributed by atoms with Gasteiger partial charge in [-0.25, -0.2) is 9.59 Å². The second-order valence-electron chi connectivity index (χ2n) is 3.72. The third-order valence-corrected chi connectivity index (χ3v) is 1.34. The van der Waals surface area contributed by atoms with E-state index in [4.69, 9.17) is 4.74 Å². The highest BCUT2D eigenvalue weighted by Crippen LogP contribution is 2.14. The van der Waals surface area contributed by atoms with E-state index in [2.05, 4.69) is 4.74 Å². The van der Waals surface area contributed by atoms with Gasteiger partial charge in [0.25, 0.3) is 0 Å². The maximum atomic E-state index is 11.3. The van der Waals surface area contributed by atoms with Crippen LogP contribution in [0.25, 0.3) is 0 Å². The summed E-state index contributed by atoms with van der Waals surface area (Å²) in [7, 11) is 0. The van der Waals surface area contributed by atoms with E-state index >= 15 is 0 Å². The van der Waals surface area contributed by atoms with E-state index in [0.717, 1.165) is 0 Å². The molecule has 0 atom stereocenters. The number of cyclic esters (lactones) is 1. The lowest BCUT2D eigenvalue weighted by atomic mass is 10.2. The zero-order valence-electron chi connectivity index (χ0n) is 7.92. The minimum atomic E-state index is -0.616. The van der Waals surface area contributed by atoms with E-state index in [1.807, 2.05) is 0 Å². The zero-order valence-corrected chi connectivity index (χ0v) is 7.92. The summed E-state index contributed by atoms with van der Waals surface area (Å²) in [5.41, 5.74) is -0.587. The molecule has 0 unspecified atom stereocenters. The smallest absolute Gasteiger partial charge is 0.345 e. The maximum absolute atomic E-state index is 11.3. The lowest BCUT2D eigenvalue weighted by Crippen LogP contribution is -2.26. The monoisotopic (exact) mass is 184 g/mol. The second-order valence-corrected chi connectivity index (χ2v) is 3.72. The Morgan fingerprint density at radius 2 is 2.15 bits per heavy atom. The van der Waals surface area contributed by atoms with Crippen LogP contribution in [-0.2, 0) is 19.1 Å². The molecule has 1 heterocycles. The van der Waals surface area contributed by atoms with E-state index in [0.29, 0.717) is 0 Å². The van der Waals surface area contributed by atoms with E-state index < -0.39 is 17.5 Å². The fourth-order valence-electron chi connectivity index (χ4n) is 0.862. The summed E-state index contributed by atoms with van der Waals surface area (Å²) in [5.74, 6) is -1.22. The Hall–Kier alpha value is -1.32. The molecule has 0 saturated carbocycles. The molecule has 0 saturated heterocycles. The summed E-state index contributed by atoms with van der Waals surface area (Å²) < 4.78 is 9.55. The molecule has 0 bridgehead atoms. The number of esters is 2. The van der Waals surface area contributed by atoms with Gasteiger partial charge in [0.1, 0.15) is 17.8 Å². The van der Waals surface area contributed by atoms with Gasteiger partial charge in [-0.1, -0.05) is 0 Å². The van der Waals surface area contributed by atoms with Crippen molar-refractivity contribution in [2.45, 2.75) is 26.4 Å². The van der Waals surface area contributed by atoms with Crippen LogP contribution in [0.5, 0.6) is 0 Å². The molecule has 0 spiro atoms. The van der Waals surface area contributed by atoms with Crippen molar-refractivity contribution in [2.75, 3.05) is 6.61 Å². The van der Waals surface area contributed by atoms with Crippen molar-refractivity contribution in [1.29, 1.82) is 0 Å². The fourth-order valence-corrected chi connectivity index (χ4v) is 0.862. The summed E-state index contributed by atoms with van der Waals surface area (Å²) in [5, 5.41) is 0. The number of carbonyl (C=O) groups excluding carboxylic acids is 2. The predicted octanol–water partition coefficient (Wildman–Crippen LogP) is 0.811. The molecule has 4 heteroatoms. The summed E-state index contributed by atoms with van der Waals surface area (Å²) in [4.78, 5) is 22.2. The molecule has 1 rings (SSSR count). The van der Waals surface area contributed by atoms with Gasteiger partial charge in [-0.2, -0.15) is 0 Å². The molecule has 0 aromatic heterocycles. The van der Waals surface area contributed by atoms with Crippen LogP contribution in [0.3, 0.4) is 0 Å². The Morgan fingerprint density at radius 3 is 2.54 bits per heavy atom. The highest BCUT2D eigenvalue weighted by molar-refractivity contribution is 6.15. The number of ether oxygens (including phenoxy) is 2. The van der Waals surface area contributed by atoms with Crippen LogP contribution in [0.15, 0.2) is 11.6 Å². The number of hydrogen-bond acceptors (Lipinski definition) is 4. The quantitative estimate of drug-likeness (QED) is 0.447. The largest absolute Gasteiger partial charge is 0.458 e. The van der Waals surface area contributed by atoms with Crippen LogP contribution in [0.4, 0.5) is 0 Å². The molecule has 1 aliphatic rings. The first kappa shape index (κ1) is 9.77. The summed E-state index contributed by atoms with van der Waals surface area (Å²) in [6, 6.07) is 0. The fraction of sp³-hybridized carbons (Fsp3) is 0.556. The SMILES string of the molecule is CC(C)(C)OC(=O)C1=CCOC1=O. The third-order valence-electron chi connectivity index (χ3n) is 1.34. The maximum Gasteiger partial charge on any atom is 0.345 e. The van der Waals surface area contributed by atoms with Crippen LogP contribution in [0.1, 0.15) is 20.8 Å². The molecular formula is C9H12O4. The van der Waals surface area contributed by atoms with Gasteiger partial charge in [0.05, 0.1) is 0 Å². The van der Waals surface area contributed by atoms with E-state index in [1.54, 1.807) is 20.8 Å². The van der Waals surface area contributed by atoms with Crippen molar-refractivity contribution in [2.24, 2.45) is 0 Å². The van der Waals surface area contributed by atoms with E-state index in [9.17, 15) is 9.59 Å². The molecule has 4 nitrogen and oxygen atoms in total. The van der Waals surface area contributed by atoms with Crippen molar-refractivity contribution in [3.8, 4) is 0 Å². The first-order valence-corrected chi connectivity index (χ1v) is 4.01. The molecule has 0 fully saturated rings. The van der Waals surface area contributed by atoms with Gasteiger partial charge in [0.2, 0.25) is 0 Å². The third kappa shape index (κ3) is 2.57. The van der Waals surface area contributed by atoms with Gasteiger partial charge >= 0.3 is 11.9 Å². The number of carbonyl (C=O) groups is 2. The van der Waals surface area contributed by atoms with Crippen LogP contribution in [-0.4, -0.2) is 24.1 Å². The van der Waals surface area contributed by atoms with Crippen molar-refractivity contribution in [1.82, 2.24) is 0 Å². The molecule has 0 amide bonds. The molecule has 0 aromatic carbocycles. The first-order chi connectivity index (χ1) is 5.90. The Labute approximate surface area is 76.5 Å². The van der Waals surface area contributed by atoms with Gasteiger partial charge in [-0.05, 0) is 26.8 Å². The topological polar surface area (TPSA) is 52.6 Å². The predicted molar refractivity (Wildman–Crippen MR) is 44.9 cm³/mol. The van der Waals surface area contributed by atoms with Crippen molar-refractivity contribution in [3.63, 3.8) is 0 Å². The summed E-state index contributed by atoms with van der Waals surface area (Å²) in [6.45, 7) is 5.39. The van der Waals surface area contributed by atoms with E-state index in [-0.39, 0.29) is 12.2 Å². The van der Waals surface area contributed by atoms with Crippen molar-refractivity contribution >= 4 is 11.9 Å². The van der Waals surface area contributed by atoms with Crippen LogP contribution >= 0.6 is 0 Å². The molecular weight excluding hydrogens is 172 g/mol. The standard InChI is InChI=1S/C9H12O4/c1-9(2,3)13-8(11)6-4-5-12-7(6)10/h4H,5H2,1-3H3. The molecule has 0 N–H and O–H groups in total. The Bertz CT molecular complexity index is 270. The minimum absolute atomic E-state index is 0.00470. The van der Waals surface area contributed by atoms with Gasteiger partial charge in [0, 0.05) is 0 Å². The van der Waals surface area contributed by atoms with E-state index in [1.165, 1.54) is 6.08 Å². The Kier molecular flexibility index (Phi) is 2.40.